The van der Waals surface area contributed by atoms with Gasteiger partial charge in [-0.3, -0.25) is 0 Å². The van der Waals surface area contributed by atoms with Gasteiger partial charge in [0.25, 0.3) is 0 Å². The van der Waals surface area contributed by atoms with Crippen LogP contribution in [0.15, 0.2) is 24.3 Å². The SMILES string of the molecule is C.C#Cc1cccc(O)c1.[Ac]. The van der Waals surface area contributed by atoms with E-state index in [9.17, 15) is 0 Å². The Morgan fingerprint density at radius 3 is 2.36 bits per heavy atom. The predicted octanol–water partition coefficient (Wildman–Crippen LogP) is 2.01. The van der Waals surface area contributed by atoms with E-state index in [1.165, 1.54) is 0 Å². The standard InChI is InChI=1S/C8H6O.CH4.Ac/c1-2-7-4-3-5-8(9)6-7;;/h1,3-6,9H;1H4;. The molecule has 0 aromatic heterocycles. The molecule has 11 heavy (non-hydrogen) atoms. The van der Waals surface area contributed by atoms with Crippen LogP contribution in [0.1, 0.15) is 13.0 Å². The number of phenols is 1. The van der Waals surface area contributed by atoms with E-state index in [2.05, 4.69) is 5.92 Å². The second kappa shape index (κ2) is 6.71. The van der Waals surface area contributed by atoms with Crippen LogP contribution in [0.5, 0.6) is 5.75 Å². The van der Waals surface area contributed by atoms with E-state index in [4.69, 9.17) is 11.5 Å². The van der Waals surface area contributed by atoms with Gasteiger partial charge in [-0.15, -0.1) is 6.42 Å². The van der Waals surface area contributed by atoms with Crippen LogP contribution in [0.25, 0.3) is 0 Å². The van der Waals surface area contributed by atoms with Gasteiger partial charge in [-0.1, -0.05) is 19.4 Å². The molecule has 0 saturated heterocycles. The van der Waals surface area contributed by atoms with Gasteiger partial charge in [-0.05, 0) is 18.2 Å². The number of rotatable bonds is 0. The van der Waals surface area contributed by atoms with E-state index in [0.717, 1.165) is 0 Å². The molecule has 0 aliphatic heterocycles. The van der Waals surface area contributed by atoms with Gasteiger partial charge in [0.15, 0.2) is 0 Å². The Balaban J connectivity index is 0. The number of terminal acetylenes is 1. The molecule has 1 radical (unpaired) electrons. The minimum Gasteiger partial charge on any atom is -0.508 e. The molecule has 1 rings (SSSR count). The molecular formula is C9H10AcO. The molecule has 1 N–H and O–H groups in total. The molecular weight excluding hydrogens is 351 g/mol. The Labute approximate surface area is 103 Å². The van der Waals surface area contributed by atoms with Crippen molar-refractivity contribution in [2.24, 2.45) is 0 Å². The molecule has 55 valence electrons. The molecule has 0 saturated carbocycles. The molecule has 0 unspecified atom stereocenters. The summed E-state index contributed by atoms with van der Waals surface area (Å²) in [7, 11) is 0. The maximum Gasteiger partial charge on any atom is 0.116 e. The second-order valence-corrected chi connectivity index (χ2v) is 1.69. The molecule has 0 aliphatic rings. The van der Waals surface area contributed by atoms with Gasteiger partial charge < -0.3 is 5.11 Å². The number of aromatic hydroxyl groups is 1. The summed E-state index contributed by atoms with van der Waals surface area (Å²) in [6.07, 6.45) is 5.06. The summed E-state index contributed by atoms with van der Waals surface area (Å²) >= 11 is 0. The summed E-state index contributed by atoms with van der Waals surface area (Å²) < 4.78 is 0. The molecule has 0 heterocycles. The molecule has 0 fully saturated rings. The van der Waals surface area contributed by atoms with Crippen LogP contribution in [0.2, 0.25) is 0 Å². The summed E-state index contributed by atoms with van der Waals surface area (Å²) in [5.41, 5.74) is 0.704. The fourth-order valence-electron chi connectivity index (χ4n) is 0.596. The Hall–Kier alpha value is 0.0216. The quantitative estimate of drug-likeness (QED) is 0.701. The van der Waals surface area contributed by atoms with Gasteiger partial charge in [0.2, 0.25) is 0 Å². The van der Waals surface area contributed by atoms with Crippen molar-refractivity contribution in [1.82, 2.24) is 0 Å². The number of phenolic OH excluding ortho intramolecular Hbond substituents is 1. The Morgan fingerprint density at radius 1 is 1.36 bits per heavy atom. The van der Waals surface area contributed by atoms with Crippen molar-refractivity contribution < 1.29 is 49.2 Å². The third-order valence-corrected chi connectivity index (χ3v) is 1.01. The number of benzene rings is 1. The number of hydrogen-bond acceptors (Lipinski definition) is 1. The largest absolute Gasteiger partial charge is 0.508 e. The fraction of sp³-hybridized carbons (Fsp3) is 0.111. The van der Waals surface area contributed by atoms with E-state index < -0.39 is 0 Å². The summed E-state index contributed by atoms with van der Waals surface area (Å²) in [5.74, 6) is 2.62. The summed E-state index contributed by atoms with van der Waals surface area (Å²) in [6, 6.07) is 6.60. The Morgan fingerprint density at radius 2 is 2.00 bits per heavy atom. The Kier molecular flexibility index (Phi) is 8.30. The van der Waals surface area contributed by atoms with E-state index >= 15 is 0 Å². The summed E-state index contributed by atoms with van der Waals surface area (Å²) in [6.45, 7) is 0. The zero-order valence-electron chi connectivity index (χ0n) is 5.41. The molecule has 0 amide bonds. The van der Waals surface area contributed by atoms with Crippen molar-refractivity contribution >= 4 is 0 Å². The van der Waals surface area contributed by atoms with Gasteiger partial charge >= 0.3 is 0 Å². The maximum absolute atomic E-state index is 8.85. The van der Waals surface area contributed by atoms with E-state index in [1.807, 2.05) is 0 Å². The second-order valence-electron chi connectivity index (χ2n) is 1.69. The molecule has 0 bridgehead atoms. The fourth-order valence-corrected chi connectivity index (χ4v) is 0.596. The average molecular weight is 361 g/mol. The van der Waals surface area contributed by atoms with Crippen LogP contribution < -0.4 is 0 Å². The van der Waals surface area contributed by atoms with Crippen LogP contribution in [0.3, 0.4) is 0 Å². The first-order chi connectivity index (χ1) is 4.33. The molecule has 0 atom stereocenters. The topological polar surface area (TPSA) is 20.2 Å². The van der Waals surface area contributed by atoms with Crippen molar-refractivity contribution in [3.8, 4) is 18.1 Å². The third kappa shape index (κ3) is 4.46. The van der Waals surface area contributed by atoms with Crippen molar-refractivity contribution in [3.63, 3.8) is 0 Å². The molecule has 1 aromatic rings. The predicted molar refractivity (Wildman–Crippen MR) is 42.8 cm³/mol. The van der Waals surface area contributed by atoms with Gasteiger partial charge in [-0.2, -0.15) is 0 Å². The molecule has 0 aliphatic carbocycles. The first-order valence-electron chi connectivity index (χ1n) is 2.58. The maximum atomic E-state index is 8.85. The molecule has 0 spiro atoms. The van der Waals surface area contributed by atoms with E-state index in [1.54, 1.807) is 24.3 Å². The van der Waals surface area contributed by atoms with Crippen LogP contribution >= 0.6 is 0 Å². The van der Waals surface area contributed by atoms with E-state index in [0.29, 0.717) is 5.56 Å². The van der Waals surface area contributed by atoms with Gasteiger partial charge in [0, 0.05) is 49.6 Å². The average Bonchev–Trinajstić information content (AvgIpc) is 1.88. The molecule has 1 aromatic carbocycles. The monoisotopic (exact) mass is 361 g/mol. The smallest absolute Gasteiger partial charge is 0.116 e. The molecule has 2 heteroatoms. The normalized spacial score (nSPS) is 6.82. The third-order valence-electron chi connectivity index (χ3n) is 1.01. The summed E-state index contributed by atoms with van der Waals surface area (Å²) in [5, 5.41) is 8.85. The number of hydrogen-bond donors (Lipinski definition) is 1. The Bertz CT molecular complexity index is 250. The molecule has 1 nitrogen and oxygen atoms in total. The first kappa shape index (κ1) is 13.6. The minimum absolute atomic E-state index is 0. The van der Waals surface area contributed by atoms with Crippen molar-refractivity contribution in [2.75, 3.05) is 0 Å². The zero-order chi connectivity index (χ0) is 6.69. The zero-order valence-corrected chi connectivity index (χ0v) is 10.2. The van der Waals surface area contributed by atoms with Crippen molar-refractivity contribution in [1.29, 1.82) is 0 Å². The van der Waals surface area contributed by atoms with Gasteiger partial charge in [0.05, 0.1) is 0 Å². The summed E-state index contributed by atoms with van der Waals surface area (Å²) in [4.78, 5) is 0. The van der Waals surface area contributed by atoms with Crippen molar-refractivity contribution in [3.05, 3.63) is 29.8 Å². The minimum atomic E-state index is 0. The van der Waals surface area contributed by atoms with E-state index in [-0.39, 0.29) is 57.2 Å². The van der Waals surface area contributed by atoms with Crippen molar-refractivity contribution in [2.45, 2.75) is 7.43 Å². The van der Waals surface area contributed by atoms with Crippen LogP contribution in [0, 0.1) is 56.4 Å². The van der Waals surface area contributed by atoms with Crippen LogP contribution in [0.4, 0.5) is 0 Å². The first-order valence-corrected chi connectivity index (χ1v) is 2.58. The van der Waals surface area contributed by atoms with Crippen LogP contribution in [-0.2, 0) is 0 Å². The van der Waals surface area contributed by atoms with Gasteiger partial charge in [0.1, 0.15) is 5.75 Å². The van der Waals surface area contributed by atoms with Gasteiger partial charge in [-0.25, -0.2) is 0 Å². The van der Waals surface area contributed by atoms with Crippen LogP contribution in [-0.4, -0.2) is 5.11 Å².